The maximum absolute atomic E-state index is 12.3. The van der Waals surface area contributed by atoms with Gasteiger partial charge in [-0.05, 0) is 25.7 Å². The second-order valence-electron chi connectivity index (χ2n) is 6.03. The van der Waals surface area contributed by atoms with Gasteiger partial charge in [-0.15, -0.1) is 24.0 Å². The van der Waals surface area contributed by atoms with Crippen molar-refractivity contribution in [2.24, 2.45) is 10.9 Å². The van der Waals surface area contributed by atoms with Gasteiger partial charge in [0.1, 0.15) is 0 Å². The summed E-state index contributed by atoms with van der Waals surface area (Å²) in [5.74, 6) is 0.650. The van der Waals surface area contributed by atoms with E-state index in [0.717, 1.165) is 25.7 Å². The first kappa shape index (κ1) is 21.3. The summed E-state index contributed by atoms with van der Waals surface area (Å²) in [5, 5.41) is 14.5. The summed E-state index contributed by atoms with van der Waals surface area (Å²) in [7, 11) is 1.46. The monoisotopic (exact) mass is 464 g/mol. The molecule has 2 aliphatic rings. The molecule has 0 bridgehead atoms. The Hall–Kier alpha value is -0.780. The largest absolute Gasteiger partial charge is 0.416 e. The van der Waals surface area contributed by atoms with Gasteiger partial charge < -0.3 is 20.6 Å². The number of aliphatic hydroxyl groups is 1. The van der Waals surface area contributed by atoms with Crippen LogP contribution in [0.5, 0.6) is 0 Å². The molecule has 140 valence electrons. The van der Waals surface area contributed by atoms with E-state index >= 15 is 0 Å². The minimum atomic E-state index is -4.65. The fourth-order valence-electron chi connectivity index (χ4n) is 2.53. The van der Waals surface area contributed by atoms with Gasteiger partial charge in [-0.25, -0.2) is 0 Å². The number of piperidine rings is 1. The van der Waals surface area contributed by atoms with E-state index in [1.807, 2.05) is 4.90 Å². The summed E-state index contributed by atoms with van der Waals surface area (Å²) >= 11 is 0. The zero-order valence-corrected chi connectivity index (χ0v) is 15.8. The van der Waals surface area contributed by atoms with Crippen molar-refractivity contribution in [3.63, 3.8) is 0 Å². The van der Waals surface area contributed by atoms with Crippen LogP contribution in [0.1, 0.15) is 25.7 Å². The minimum absolute atomic E-state index is 0. The normalized spacial score (nSPS) is 21.0. The van der Waals surface area contributed by atoms with Crippen LogP contribution in [0.4, 0.5) is 13.2 Å². The average Bonchev–Trinajstić information content (AvgIpc) is 3.34. The molecule has 2 rings (SSSR count). The fourth-order valence-corrected chi connectivity index (χ4v) is 2.53. The first-order chi connectivity index (χ1) is 10.8. The van der Waals surface area contributed by atoms with E-state index in [1.165, 1.54) is 7.05 Å². The standard InChI is InChI=1S/C14H23F3N4O2.HI/c1-18-13(19-8-11(22)14(15,16)17)20-10-4-6-21(7-5-10)12(23)9-2-3-9;/h9-11,22H,2-8H2,1H3,(H2,18,19,20);1H. The number of rotatable bonds is 4. The Bertz CT molecular complexity index is 450. The number of amides is 1. The van der Waals surface area contributed by atoms with Gasteiger partial charge in [-0.3, -0.25) is 9.79 Å². The first-order valence-electron chi connectivity index (χ1n) is 7.82. The topological polar surface area (TPSA) is 77.0 Å². The zero-order valence-electron chi connectivity index (χ0n) is 13.5. The predicted octanol–water partition coefficient (Wildman–Crippen LogP) is 1.09. The molecular weight excluding hydrogens is 440 g/mol. The Balaban J connectivity index is 0.00000288. The Morgan fingerprint density at radius 3 is 2.33 bits per heavy atom. The number of nitrogens with one attached hydrogen (secondary N) is 2. The van der Waals surface area contributed by atoms with Crippen molar-refractivity contribution < 1.29 is 23.1 Å². The van der Waals surface area contributed by atoms with Gasteiger partial charge >= 0.3 is 6.18 Å². The van der Waals surface area contributed by atoms with Crippen LogP contribution in [0.3, 0.4) is 0 Å². The Morgan fingerprint density at radius 2 is 1.88 bits per heavy atom. The van der Waals surface area contributed by atoms with Crippen molar-refractivity contribution >= 4 is 35.8 Å². The van der Waals surface area contributed by atoms with Crippen LogP contribution in [0.15, 0.2) is 4.99 Å². The van der Waals surface area contributed by atoms with Crippen molar-refractivity contribution in [1.29, 1.82) is 0 Å². The highest BCUT2D eigenvalue weighted by Crippen LogP contribution is 2.31. The Morgan fingerprint density at radius 1 is 1.29 bits per heavy atom. The lowest BCUT2D eigenvalue weighted by molar-refractivity contribution is -0.201. The summed E-state index contributed by atoms with van der Waals surface area (Å²) in [6.07, 6.45) is -3.67. The van der Waals surface area contributed by atoms with E-state index in [-0.39, 0.29) is 47.8 Å². The number of guanidine groups is 1. The average molecular weight is 464 g/mol. The van der Waals surface area contributed by atoms with Crippen molar-refractivity contribution in [3.8, 4) is 0 Å². The maximum atomic E-state index is 12.3. The van der Waals surface area contributed by atoms with Gasteiger partial charge in [0.15, 0.2) is 12.1 Å². The fraction of sp³-hybridized carbons (Fsp3) is 0.857. The quantitative estimate of drug-likeness (QED) is 0.331. The number of aliphatic hydroxyl groups excluding tert-OH is 1. The van der Waals surface area contributed by atoms with Gasteiger partial charge in [0.25, 0.3) is 0 Å². The predicted molar refractivity (Wildman–Crippen MR) is 94.3 cm³/mol. The molecule has 0 radical (unpaired) electrons. The lowest BCUT2D eigenvalue weighted by Gasteiger charge is -2.33. The van der Waals surface area contributed by atoms with Gasteiger partial charge in [0.05, 0.1) is 6.54 Å². The van der Waals surface area contributed by atoms with Crippen LogP contribution in [-0.4, -0.2) is 66.9 Å². The summed E-state index contributed by atoms with van der Waals surface area (Å²) in [6.45, 7) is 0.645. The molecule has 1 amide bonds. The van der Waals surface area contributed by atoms with Crippen molar-refractivity contribution in [1.82, 2.24) is 15.5 Å². The Kier molecular flexibility index (Phi) is 8.03. The molecule has 1 saturated heterocycles. The third-order valence-corrected chi connectivity index (χ3v) is 4.14. The third-order valence-electron chi connectivity index (χ3n) is 4.14. The SMILES string of the molecule is CN=C(NCC(O)C(F)(F)F)NC1CCN(C(=O)C2CC2)CC1.I. The smallest absolute Gasteiger partial charge is 0.382 e. The zero-order chi connectivity index (χ0) is 17.0. The number of hydrogen-bond donors (Lipinski definition) is 3. The summed E-state index contributed by atoms with van der Waals surface area (Å²) in [5.41, 5.74) is 0. The molecule has 3 N–H and O–H groups in total. The minimum Gasteiger partial charge on any atom is -0.382 e. The molecule has 1 aliphatic carbocycles. The van der Waals surface area contributed by atoms with Crippen LogP contribution in [0, 0.1) is 5.92 Å². The number of aliphatic imine (C=N–C) groups is 1. The lowest BCUT2D eigenvalue weighted by atomic mass is 10.0. The van der Waals surface area contributed by atoms with Crippen molar-refractivity contribution in [3.05, 3.63) is 0 Å². The Labute approximate surface area is 156 Å². The van der Waals surface area contributed by atoms with Crippen LogP contribution >= 0.6 is 24.0 Å². The van der Waals surface area contributed by atoms with E-state index in [0.29, 0.717) is 13.1 Å². The molecule has 0 aromatic heterocycles. The molecule has 0 aromatic rings. The highest BCUT2D eigenvalue weighted by atomic mass is 127. The number of hydrogen-bond acceptors (Lipinski definition) is 3. The molecule has 1 unspecified atom stereocenters. The molecule has 1 heterocycles. The lowest BCUT2D eigenvalue weighted by Crippen LogP contribution is -2.51. The van der Waals surface area contributed by atoms with E-state index < -0.39 is 18.8 Å². The van der Waals surface area contributed by atoms with E-state index in [1.54, 1.807) is 0 Å². The second-order valence-corrected chi connectivity index (χ2v) is 6.03. The van der Waals surface area contributed by atoms with E-state index in [4.69, 9.17) is 5.11 Å². The summed E-state index contributed by atoms with van der Waals surface area (Å²) in [6, 6.07) is 0.0486. The van der Waals surface area contributed by atoms with Gasteiger partial charge in [0, 0.05) is 32.1 Å². The number of alkyl halides is 3. The number of nitrogens with zero attached hydrogens (tertiary/aromatic N) is 2. The summed E-state index contributed by atoms with van der Waals surface area (Å²) < 4.78 is 36.8. The van der Waals surface area contributed by atoms with Crippen molar-refractivity contribution in [2.75, 3.05) is 26.7 Å². The molecule has 6 nitrogen and oxygen atoms in total. The van der Waals surface area contributed by atoms with Gasteiger partial charge in [-0.2, -0.15) is 13.2 Å². The molecule has 1 atom stereocenters. The number of halogens is 4. The molecule has 1 aliphatic heterocycles. The number of carbonyl (C=O) groups is 1. The molecule has 2 fully saturated rings. The molecule has 0 spiro atoms. The maximum Gasteiger partial charge on any atom is 0.416 e. The second kappa shape index (κ2) is 9.07. The number of likely N-dealkylation sites (tertiary alicyclic amines) is 1. The van der Waals surface area contributed by atoms with Gasteiger partial charge in [0.2, 0.25) is 5.91 Å². The van der Waals surface area contributed by atoms with E-state index in [2.05, 4.69) is 15.6 Å². The highest BCUT2D eigenvalue weighted by Gasteiger charge is 2.38. The summed E-state index contributed by atoms with van der Waals surface area (Å²) in [4.78, 5) is 17.7. The molecule has 10 heteroatoms. The molecular formula is C14H24F3IN4O2. The van der Waals surface area contributed by atoms with Crippen LogP contribution in [0.25, 0.3) is 0 Å². The first-order valence-corrected chi connectivity index (χ1v) is 7.82. The third kappa shape index (κ3) is 6.26. The van der Waals surface area contributed by atoms with Gasteiger partial charge in [-0.1, -0.05) is 0 Å². The van der Waals surface area contributed by atoms with Crippen LogP contribution in [0.2, 0.25) is 0 Å². The molecule has 1 saturated carbocycles. The van der Waals surface area contributed by atoms with Crippen LogP contribution < -0.4 is 10.6 Å². The highest BCUT2D eigenvalue weighted by molar-refractivity contribution is 14.0. The molecule has 0 aromatic carbocycles. The van der Waals surface area contributed by atoms with E-state index in [9.17, 15) is 18.0 Å². The molecule has 24 heavy (non-hydrogen) atoms. The number of carbonyl (C=O) groups excluding carboxylic acids is 1. The van der Waals surface area contributed by atoms with Crippen LogP contribution in [-0.2, 0) is 4.79 Å². The van der Waals surface area contributed by atoms with Crippen molar-refractivity contribution in [2.45, 2.75) is 44.0 Å².